The van der Waals surface area contributed by atoms with Gasteiger partial charge in [0.25, 0.3) is 0 Å². The maximum absolute atomic E-state index is 13.0. The molecule has 0 spiro atoms. The number of Topliss-reactive ketones (excluding diaryl/α,β-unsaturated/α-hetero) is 1. The summed E-state index contributed by atoms with van der Waals surface area (Å²) in [6, 6.07) is 15.5. The lowest BCUT2D eigenvalue weighted by molar-refractivity contribution is -0.167. The molecule has 0 saturated carbocycles. The number of ketones is 1. The lowest BCUT2D eigenvalue weighted by atomic mass is 9.81. The highest BCUT2D eigenvalue weighted by Crippen LogP contribution is 2.32. The van der Waals surface area contributed by atoms with Crippen molar-refractivity contribution >= 4 is 29.3 Å². The lowest BCUT2D eigenvalue weighted by Gasteiger charge is -2.26. The van der Waals surface area contributed by atoms with Crippen molar-refractivity contribution in [2.45, 2.75) is 52.2 Å². The Balaban J connectivity index is 2.44. The van der Waals surface area contributed by atoms with Crippen LogP contribution in [0.1, 0.15) is 56.0 Å². The second kappa shape index (κ2) is 10.9. The van der Waals surface area contributed by atoms with Crippen molar-refractivity contribution in [2.75, 3.05) is 0 Å². The second-order valence-electron chi connectivity index (χ2n) is 7.60. The quantitative estimate of drug-likeness (QED) is 0.310. The number of rotatable bonds is 9. The van der Waals surface area contributed by atoms with E-state index < -0.39 is 36.0 Å². The minimum Gasteiger partial charge on any atom is -0.462 e. The molecule has 1 unspecified atom stereocenters. The molecule has 0 aromatic heterocycles. The van der Waals surface area contributed by atoms with Crippen LogP contribution in [-0.4, -0.2) is 29.9 Å². The molecule has 160 valence electrons. The Hall–Kier alpha value is -2.66. The van der Waals surface area contributed by atoms with Gasteiger partial charge in [0.05, 0.1) is 12.2 Å². The van der Waals surface area contributed by atoms with Crippen LogP contribution in [0.2, 0.25) is 5.02 Å². The van der Waals surface area contributed by atoms with Crippen LogP contribution in [0.3, 0.4) is 0 Å². The molecule has 2 aromatic rings. The Morgan fingerprint density at radius 3 is 1.77 bits per heavy atom. The van der Waals surface area contributed by atoms with Crippen LogP contribution in [0, 0.1) is 5.92 Å². The van der Waals surface area contributed by atoms with E-state index in [-0.39, 0.29) is 12.2 Å². The van der Waals surface area contributed by atoms with Gasteiger partial charge in [-0.25, -0.2) is 0 Å². The first-order valence-corrected chi connectivity index (χ1v) is 10.3. The van der Waals surface area contributed by atoms with Crippen molar-refractivity contribution in [3.63, 3.8) is 0 Å². The summed E-state index contributed by atoms with van der Waals surface area (Å²) in [6.07, 6.45) is -0.873. The smallest absolute Gasteiger partial charge is 0.321 e. The molecule has 2 rings (SSSR count). The van der Waals surface area contributed by atoms with Gasteiger partial charge in [-0.05, 0) is 57.5 Å². The van der Waals surface area contributed by atoms with E-state index in [4.69, 9.17) is 21.1 Å². The average molecular weight is 431 g/mol. The van der Waals surface area contributed by atoms with Gasteiger partial charge in [-0.2, -0.15) is 0 Å². The molecule has 5 nitrogen and oxygen atoms in total. The normalized spacial score (nSPS) is 12.1. The summed E-state index contributed by atoms with van der Waals surface area (Å²) in [5, 5.41) is 0.519. The maximum atomic E-state index is 13.0. The molecule has 0 N–H and O–H groups in total. The molecule has 6 heteroatoms. The topological polar surface area (TPSA) is 69.7 Å². The first-order valence-electron chi connectivity index (χ1n) is 9.93. The molecule has 2 aromatic carbocycles. The first kappa shape index (κ1) is 23.6. The van der Waals surface area contributed by atoms with Gasteiger partial charge in [0.15, 0.2) is 11.7 Å². The molecule has 1 atom stereocenters. The summed E-state index contributed by atoms with van der Waals surface area (Å²) in [7, 11) is 0. The number of halogens is 1. The predicted molar refractivity (Wildman–Crippen MR) is 116 cm³/mol. The number of ether oxygens (including phenoxy) is 2. The number of hydrogen-bond acceptors (Lipinski definition) is 5. The van der Waals surface area contributed by atoms with Crippen LogP contribution in [0.4, 0.5) is 0 Å². The van der Waals surface area contributed by atoms with Gasteiger partial charge in [0, 0.05) is 22.9 Å². The summed E-state index contributed by atoms with van der Waals surface area (Å²) >= 11 is 5.91. The van der Waals surface area contributed by atoms with Crippen LogP contribution in [-0.2, 0) is 19.1 Å². The number of hydrogen-bond donors (Lipinski definition) is 0. The Kier molecular flexibility index (Phi) is 8.60. The van der Waals surface area contributed by atoms with E-state index in [2.05, 4.69) is 0 Å². The third-order valence-corrected chi connectivity index (χ3v) is 4.67. The molecule has 0 radical (unpaired) electrons. The fourth-order valence-electron chi connectivity index (χ4n) is 3.12. The number of carbonyl (C=O) groups is 3. The fraction of sp³-hybridized carbons (Fsp3) is 0.375. The highest BCUT2D eigenvalue weighted by atomic mass is 35.5. The van der Waals surface area contributed by atoms with E-state index in [1.165, 1.54) is 0 Å². The van der Waals surface area contributed by atoms with Crippen molar-refractivity contribution in [3.05, 3.63) is 70.7 Å². The van der Waals surface area contributed by atoms with Crippen molar-refractivity contribution in [1.29, 1.82) is 0 Å². The summed E-state index contributed by atoms with van der Waals surface area (Å²) in [5.41, 5.74) is 1.14. The van der Waals surface area contributed by atoms with E-state index in [0.717, 1.165) is 0 Å². The summed E-state index contributed by atoms with van der Waals surface area (Å²) in [6.45, 7) is 6.83. The molecular weight excluding hydrogens is 404 g/mol. The third kappa shape index (κ3) is 6.70. The van der Waals surface area contributed by atoms with E-state index >= 15 is 0 Å². The van der Waals surface area contributed by atoms with E-state index in [1.807, 2.05) is 6.07 Å². The van der Waals surface area contributed by atoms with E-state index in [9.17, 15) is 14.4 Å². The number of benzene rings is 2. The Morgan fingerprint density at radius 2 is 1.30 bits per heavy atom. The summed E-state index contributed by atoms with van der Waals surface area (Å²) in [4.78, 5) is 38.8. The van der Waals surface area contributed by atoms with Crippen LogP contribution in [0.5, 0.6) is 0 Å². The Bertz CT molecular complexity index is 837. The van der Waals surface area contributed by atoms with Gasteiger partial charge in [0.2, 0.25) is 0 Å². The Labute approximate surface area is 182 Å². The van der Waals surface area contributed by atoms with Crippen molar-refractivity contribution < 1.29 is 23.9 Å². The first-order chi connectivity index (χ1) is 14.2. The van der Waals surface area contributed by atoms with Crippen LogP contribution in [0.15, 0.2) is 54.6 Å². The fourth-order valence-corrected chi connectivity index (χ4v) is 3.24. The molecule has 30 heavy (non-hydrogen) atoms. The van der Waals surface area contributed by atoms with E-state index in [1.54, 1.807) is 76.2 Å². The summed E-state index contributed by atoms with van der Waals surface area (Å²) < 4.78 is 10.7. The highest BCUT2D eigenvalue weighted by molar-refractivity contribution is 6.30. The largest absolute Gasteiger partial charge is 0.462 e. The average Bonchev–Trinajstić information content (AvgIpc) is 2.67. The van der Waals surface area contributed by atoms with Crippen molar-refractivity contribution in [1.82, 2.24) is 0 Å². The van der Waals surface area contributed by atoms with Gasteiger partial charge in [-0.3, -0.25) is 14.4 Å². The molecule has 0 heterocycles. The Morgan fingerprint density at radius 1 is 0.800 bits per heavy atom. The zero-order valence-electron chi connectivity index (χ0n) is 17.6. The molecule has 0 aliphatic carbocycles. The van der Waals surface area contributed by atoms with Crippen molar-refractivity contribution in [3.8, 4) is 0 Å². The molecule has 0 aliphatic rings. The van der Waals surface area contributed by atoms with Gasteiger partial charge >= 0.3 is 11.9 Å². The number of carbonyl (C=O) groups excluding carboxylic acids is 3. The predicted octanol–water partition coefficient (Wildman–Crippen LogP) is 5.22. The molecule has 0 saturated heterocycles. The molecular formula is C24H27ClO5. The van der Waals surface area contributed by atoms with Crippen molar-refractivity contribution in [2.24, 2.45) is 5.92 Å². The highest BCUT2D eigenvalue weighted by Gasteiger charge is 2.40. The van der Waals surface area contributed by atoms with Gasteiger partial charge < -0.3 is 9.47 Å². The zero-order valence-corrected chi connectivity index (χ0v) is 18.4. The zero-order chi connectivity index (χ0) is 22.3. The second-order valence-corrected chi connectivity index (χ2v) is 8.04. The summed E-state index contributed by atoms with van der Waals surface area (Å²) in [5.74, 6) is -3.60. The minimum absolute atomic E-state index is 0.0588. The molecule has 0 bridgehead atoms. The SMILES string of the molecule is CC(C)OC(=O)C(C(=O)OC(C)C)C(CC(=O)c1ccc(Cl)cc1)c1ccccc1. The lowest BCUT2D eigenvalue weighted by Crippen LogP contribution is -2.36. The van der Waals surface area contributed by atoms with Gasteiger partial charge in [-0.15, -0.1) is 0 Å². The number of esters is 2. The third-order valence-electron chi connectivity index (χ3n) is 4.41. The molecule has 0 fully saturated rings. The standard InChI is InChI=1S/C24H27ClO5/c1-15(2)29-23(27)22(24(28)30-16(3)4)20(17-8-6-5-7-9-17)14-21(26)18-10-12-19(25)13-11-18/h5-13,15-16,20,22H,14H2,1-4H3. The monoisotopic (exact) mass is 430 g/mol. The molecule has 0 amide bonds. The van der Waals surface area contributed by atoms with Crippen LogP contribution < -0.4 is 0 Å². The maximum Gasteiger partial charge on any atom is 0.321 e. The molecule has 0 aliphatic heterocycles. The van der Waals surface area contributed by atoms with E-state index in [0.29, 0.717) is 16.1 Å². The van der Waals surface area contributed by atoms with Gasteiger partial charge in [-0.1, -0.05) is 41.9 Å². The van der Waals surface area contributed by atoms with Crippen LogP contribution >= 0.6 is 11.6 Å². The van der Waals surface area contributed by atoms with Crippen LogP contribution in [0.25, 0.3) is 0 Å². The minimum atomic E-state index is -1.26. The van der Waals surface area contributed by atoms with Gasteiger partial charge in [0.1, 0.15) is 0 Å².